The molecule has 6 heteroatoms. The first-order valence-electron chi connectivity index (χ1n) is 5.07. The molecule has 0 spiro atoms. The van der Waals surface area contributed by atoms with E-state index in [9.17, 15) is 0 Å². The fraction of sp³-hybridized carbons (Fsp3) is 0.600. The summed E-state index contributed by atoms with van der Waals surface area (Å²) >= 11 is 5.18. The average Bonchev–Trinajstić information content (AvgIpc) is 2.31. The van der Waals surface area contributed by atoms with E-state index in [1.807, 2.05) is 11.8 Å². The second-order valence-electron chi connectivity index (χ2n) is 3.18. The van der Waals surface area contributed by atoms with Crippen molar-refractivity contribution in [2.75, 3.05) is 31.0 Å². The number of hydrogen-bond acceptors (Lipinski definition) is 5. The summed E-state index contributed by atoms with van der Waals surface area (Å²) in [4.78, 5) is 8.36. The summed E-state index contributed by atoms with van der Waals surface area (Å²) in [7, 11) is 1.59. The minimum Gasteiger partial charge on any atom is -0.480 e. The number of rotatable bonds is 7. The zero-order valence-electron chi connectivity index (χ0n) is 9.49. The average molecular weight is 306 g/mol. The lowest BCUT2D eigenvalue weighted by atomic mass is 10.3. The van der Waals surface area contributed by atoms with E-state index < -0.39 is 0 Å². The lowest BCUT2D eigenvalue weighted by Crippen LogP contribution is -2.06. The number of unbranched alkanes of at least 4 members (excludes halogenated alkanes) is 1. The van der Waals surface area contributed by atoms with Crippen molar-refractivity contribution >= 4 is 33.6 Å². The third kappa shape index (κ3) is 4.57. The first kappa shape index (κ1) is 13.6. The Kier molecular flexibility index (Phi) is 6.56. The summed E-state index contributed by atoms with van der Waals surface area (Å²) in [6.45, 7) is 0.894. The van der Waals surface area contributed by atoms with Crippen LogP contribution in [0.1, 0.15) is 12.8 Å². The molecule has 1 heterocycles. The van der Waals surface area contributed by atoms with Crippen molar-refractivity contribution in [3.63, 3.8) is 0 Å². The highest BCUT2D eigenvalue weighted by molar-refractivity contribution is 9.10. The SMILES string of the molecule is COc1nc(NCCCCSC)ncc1Br. The van der Waals surface area contributed by atoms with E-state index >= 15 is 0 Å². The molecule has 1 aromatic rings. The van der Waals surface area contributed by atoms with Gasteiger partial charge in [-0.25, -0.2) is 4.98 Å². The predicted molar refractivity (Wildman–Crippen MR) is 72.4 cm³/mol. The summed E-state index contributed by atoms with van der Waals surface area (Å²) in [5.41, 5.74) is 0. The molecule has 0 radical (unpaired) electrons. The van der Waals surface area contributed by atoms with Crippen molar-refractivity contribution in [3.8, 4) is 5.88 Å². The number of halogens is 1. The maximum atomic E-state index is 5.09. The van der Waals surface area contributed by atoms with E-state index in [1.165, 1.54) is 12.2 Å². The van der Waals surface area contributed by atoms with Crippen LogP contribution in [0, 0.1) is 0 Å². The molecule has 0 aromatic carbocycles. The number of nitrogens with one attached hydrogen (secondary N) is 1. The van der Waals surface area contributed by atoms with Crippen molar-refractivity contribution in [1.29, 1.82) is 0 Å². The molecule has 16 heavy (non-hydrogen) atoms. The van der Waals surface area contributed by atoms with Crippen LogP contribution in [0.15, 0.2) is 10.7 Å². The summed E-state index contributed by atoms with van der Waals surface area (Å²) in [6.07, 6.45) is 6.15. The molecule has 0 aliphatic heterocycles. The van der Waals surface area contributed by atoms with Gasteiger partial charge in [-0.3, -0.25) is 0 Å². The van der Waals surface area contributed by atoms with Crippen LogP contribution in [-0.4, -0.2) is 35.6 Å². The van der Waals surface area contributed by atoms with Crippen molar-refractivity contribution in [1.82, 2.24) is 9.97 Å². The van der Waals surface area contributed by atoms with E-state index in [0.717, 1.165) is 17.4 Å². The second-order valence-corrected chi connectivity index (χ2v) is 5.02. The largest absolute Gasteiger partial charge is 0.480 e. The van der Waals surface area contributed by atoms with Crippen LogP contribution in [0.2, 0.25) is 0 Å². The lowest BCUT2D eigenvalue weighted by Gasteiger charge is -2.06. The fourth-order valence-corrected chi connectivity index (χ4v) is 2.00. The Labute approximate surface area is 109 Å². The highest BCUT2D eigenvalue weighted by atomic mass is 79.9. The molecule has 1 N–H and O–H groups in total. The van der Waals surface area contributed by atoms with Crippen LogP contribution in [0.3, 0.4) is 0 Å². The number of anilines is 1. The summed E-state index contributed by atoms with van der Waals surface area (Å²) in [5.74, 6) is 2.37. The van der Waals surface area contributed by atoms with Gasteiger partial charge in [0, 0.05) is 6.54 Å². The van der Waals surface area contributed by atoms with E-state index in [-0.39, 0.29) is 0 Å². The van der Waals surface area contributed by atoms with Gasteiger partial charge in [0.25, 0.3) is 0 Å². The van der Waals surface area contributed by atoms with Gasteiger partial charge in [-0.05, 0) is 40.8 Å². The first-order valence-corrected chi connectivity index (χ1v) is 7.26. The van der Waals surface area contributed by atoms with Gasteiger partial charge < -0.3 is 10.1 Å². The molecule has 0 bridgehead atoms. The zero-order valence-corrected chi connectivity index (χ0v) is 11.9. The highest BCUT2D eigenvalue weighted by Crippen LogP contribution is 2.21. The Balaban J connectivity index is 2.36. The number of ether oxygens (including phenoxy) is 1. The molecule has 0 saturated heterocycles. The van der Waals surface area contributed by atoms with Gasteiger partial charge in [0.05, 0.1) is 17.8 Å². The van der Waals surface area contributed by atoms with Crippen molar-refractivity contribution < 1.29 is 4.74 Å². The topological polar surface area (TPSA) is 47.0 Å². The van der Waals surface area contributed by atoms with Gasteiger partial charge in [-0.2, -0.15) is 16.7 Å². The first-order chi connectivity index (χ1) is 7.77. The van der Waals surface area contributed by atoms with Gasteiger partial charge in [0.2, 0.25) is 11.8 Å². The summed E-state index contributed by atoms with van der Waals surface area (Å²) in [6, 6.07) is 0. The summed E-state index contributed by atoms with van der Waals surface area (Å²) < 4.78 is 5.86. The van der Waals surface area contributed by atoms with Crippen LogP contribution in [0.25, 0.3) is 0 Å². The molecule has 0 fully saturated rings. The van der Waals surface area contributed by atoms with Gasteiger partial charge >= 0.3 is 0 Å². The van der Waals surface area contributed by atoms with Crippen LogP contribution < -0.4 is 10.1 Å². The Morgan fingerprint density at radius 2 is 2.31 bits per heavy atom. The molecule has 90 valence electrons. The maximum absolute atomic E-state index is 5.09. The molecular formula is C10H16BrN3OS. The summed E-state index contributed by atoms with van der Waals surface area (Å²) in [5, 5.41) is 3.17. The van der Waals surface area contributed by atoms with E-state index in [1.54, 1.807) is 13.3 Å². The van der Waals surface area contributed by atoms with E-state index in [4.69, 9.17) is 4.74 Å². The minimum absolute atomic E-state index is 0.557. The molecule has 0 aliphatic carbocycles. The molecule has 0 atom stereocenters. The standard InChI is InChI=1S/C10H16BrN3OS/c1-15-9-8(11)7-13-10(14-9)12-5-3-4-6-16-2/h7H,3-6H2,1-2H3,(H,12,13,14). The minimum atomic E-state index is 0.557. The zero-order chi connectivity index (χ0) is 11.8. The Bertz CT molecular complexity index is 325. The number of hydrogen-bond donors (Lipinski definition) is 1. The predicted octanol–water partition coefficient (Wildman–Crippen LogP) is 2.80. The fourth-order valence-electron chi connectivity index (χ4n) is 1.15. The quantitative estimate of drug-likeness (QED) is 0.785. The van der Waals surface area contributed by atoms with Crippen LogP contribution in [0.5, 0.6) is 5.88 Å². The molecular weight excluding hydrogens is 290 g/mol. The van der Waals surface area contributed by atoms with Crippen LogP contribution in [-0.2, 0) is 0 Å². The molecule has 4 nitrogen and oxygen atoms in total. The van der Waals surface area contributed by atoms with E-state index in [2.05, 4.69) is 37.5 Å². The second kappa shape index (κ2) is 7.73. The van der Waals surface area contributed by atoms with Crippen molar-refractivity contribution in [2.24, 2.45) is 0 Å². The molecule has 0 amide bonds. The van der Waals surface area contributed by atoms with Crippen molar-refractivity contribution in [2.45, 2.75) is 12.8 Å². The number of thioether (sulfide) groups is 1. The monoisotopic (exact) mass is 305 g/mol. The third-order valence-corrected chi connectivity index (χ3v) is 3.20. The van der Waals surface area contributed by atoms with Crippen LogP contribution >= 0.6 is 27.7 Å². The lowest BCUT2D eigenvalue weighted by molar-refractivity contribution is 0.394. The van der Waals surface area contributed by atoms with Crippen molar-refractivity contribution in [3.05, 3.63) is 10.7 Å². The van der Waals surface area contributed by atoms with Gasteiger partial charge in [0.15, 0.2) is 0 Å². The van der Waals surface area contributed by atoms with Gasteiger partial charge in [0.1, 0.15) is 0 Å². The normalized spacial score (nSPS) is 10.2. The van der Waals surface area contributed by atoms with Gasteiger partial charge in [-0.15, -0.1) is 0 Å². The third-order valence-electron chi connectivity index (χ3n) is 1.96. The Morgan fingerprint density at radius 1 is 1.50 bits per heavy atom. The molecule has 0 saturated carbocycles. The Morgan fingerprint density at radius 3 is 3.00 bits per heavy atom. The molecule has 0 unspecified atom stereocenters. The number of methoxy groups -OCH3 is 1. The Hall–Kier alpha value is -0.490. The molecule has 1 rings (SSSR count). The van der Waals surface area contributed by atoms with E-state index in [0.29, 0.717) is 11.8 Å². The smallest absolute Gasteiger partial charge is 0.232 e. The maximum Gasteiger partial charge on any atom is 0.232 e. The molecule has 1 aromatic heterocycles. The highest BCUT2D eigenvalue weighted by Gasteiger charge is 2.03. The van der Waals surface area contributed by atoms with Gasteiger partial charge in [-0.1, -0.05) is 0 Å². The number of nitrogens with zero attached hydrogens (tertiary/aromatic N) is 2. The number of aromatic nitrogens is 2. The molecule has 0 aliphatic rings. The van der Waals surface area contributed by atoms with Crippen LogP contribution in [0.4, 0.5) is 5.95 Å².